The maximum atomic E-state index is 12.7. The number of ether oxygens (including phenoxy) is 2. The van der Waals surface area contributed by atoms with E-state index in [1.165, 1.54) is 19.2 Å². The van der Waals surface area contributed by atoms with Crippen molar-refractivity contribution in [2.24, 2.45) is 0 Å². The Morgan fingerprint density at radius 3 is 2.69 bits per heavy atom. The number of halogens is 3. The Balaban J connectivity index is 1.34. The molecule has 10 nitrogen and oxygen atoms in total. The number of aromatic nitrogens is 4. The van der Waals surface area contributed by atoms with Crippen LogP contribution in [-0.2, 0) is 9.53 Å². The quantitative estimate of drug-likeness (QED) is 0.470. The van der Waals surface area contributed by atoms with E-state index in [9.17, 15) is 18.0 Å². The SMILES string of the molecule is COC(C(=O)Nc1nnc(N[C@@H]2CCN(c3ccc(C)nn3)C2)s1)c1cccc(OC(F)(F)F)c1. The van der Waals surface area contributed by atoms with Gasteiger partial charge < -0.3 is 19.7 Å². The lowest BCUT2D eigenvalue weighted by Gasteiger charge is -2.17. The molecule has 2 aromatic heterocycles. The first kappa shape index (κ1) is 24.6. The summed E-state index contributed by atoms with van der Waals surface area (Å²) in [7, 11) is 1.28. The van der Waals surface area contributed by atoms with E-state index < -0.39 is 24.1 Å². The summed E-state index contributed by atoms with van der Waals surface area (Å²) in [5.41, 5.74) is 1.05. The highest BCUT2D eigenvalue weighted by atomic mass is 32.1. The first-order valence-corrected chi connectivity index (χ1v) is 11.4. The number of amides is 1. The van der Waals surface area contributed by atoms with E-state index >= 15 is 0 Å². The molecule has 1 aliphatic rings. The van der Waals surface area contributed by atoms with Crippen LogP contribution in [-0.4, -0.2) is 58.9 Å². The molecule has 0 bridgehead atoms. The molecule has 186 valence electrons. The first-order chi connectivity index (χ1) is 16.7. The van der Waals surface area contributed by atoms with Crippen LogP contribution in [0.1, 0.15) is 23.8 Å². The van der Waals surface area contributed by atoms with Crippen molar-refractivity contribution >= 4 is 33.3 Å². The monoisotopic (exact) mass is 509 g/mol. The molecule has 0 spiro atoms. The highest BCUT2D eigenvalue weighted by molar-refractivity contribution is 7.19. The Morgan fingerprint density at radius 1 is 1.17 bits per heavy atom. The normalized spacial score (nSPS) is 16.7. The van der Waals surface area contributed by atoms with Crippen LogP contribution in [0.15, 0.2) is 36.4 Å². The average Bonchev–Trinajstić information content (AvgIpc) is 3.44. The Bertz CT molecular complexity index is 1160. The van der Waals surface area contributed by atoms with Gasteiger partial charge in [0.25, 0.3) is 5.91 Å². The summed E-state index contributed by atoms with van der Waals surface area (Å²) in [5.74, 6) is -0.251. The predicted molar refractivity (Wildman–Crippen MR) is 122 cm³/mol. The molecular weight excluding hydrogens is 487 g/mol. The molecule has 1 fully saturated rings. The lowest BCUT2D eigenvalue weighted by molar-refractivity contribution is -0.274. The molecular formula is C21H22F3N7O3S. The summed E-state index contributed by atoms with van der Waals surface area (Å²) in [5, 5.41) is 23.0. The number of nitrogens with zero attached hydrogens (tertiary/aromatic N) is 5. The number of hydrogen-bond donors (Lipinski definition) is 2. The summed E-state index contributed by atoms with van der Waals surface area (Å²) in [6.07, 6.45) is -5.16. The molecule has 0 aliphatic carbocycles. The molecule has 3 heterocycles. The smallest absolute Gasteiger partial charge is 0.406 e. The Hall–Kier alpha value is -3.52. The van der Waals surface area contributed by atoms with Crippen molar-refractivity contribution in [2.45, 2.75) is 31.9 Å². The van der Waals surface area contributed by atoms with Crippen molar-refractivity contribution in [2.75, 3.05) is 35.7 Å². The maximum absolute atomic E-state index is 12.7. The van der Waals surface area contributed by atoms with Gasteiger partial charge in [0.05, 0.1) is 5.69 Å². The van der Waals surface area contributed by atoms with E-state index in [2.05, 4.69) is 40.7 Å². The number of anilines is 3. The second kappa shape index (κ2) is 10.4. The van der Waals surface area contributed by atoms with E-state index in [4.69, 9.17) is 4.74 Å². The van der Waals surface area contributed by atoms with Crippen molar-refractivity contribution < 1.29 is 27.4 Å². The van der Waals surface area contributed by atoms with E-state index in [0.29, 0.717) is 11.7 Å². The minimum Gasteiger partial charge on any atom is -0.406 e. The second-order valence-corrected chi connectivity index (χ2v) is 8.72. The zero-order valence-electron chi connectivity index (χ0n) is 18.7. The summed E-state index contributed by atoms with van der Waals surface area (Å²) in [4.78, 5) is 14.8. The zero-order valence-corrected chi connectivity index (χ0v) is 19.6. The van der Waals surface area contributed by atoms with Gasteiger partial charge in [0.1, 0.15) is 5.75 Å². The van der Waals surface area contributed by atoms with Crippen molar-refractivity contribution in [3.05, 3.63) is 47.7 Å². The standard InChI is InChI=1S/C21H22F3N7O3S/c1-12-6-7-16(28-27-12)31-9-8-14(11-31)25-19-29-30-20(35-19)26-18(32)17(33-2)13-4-3-5-15(10-13)34-21(22,23)24/h3-7,10,14,17H,8-9,11H2,1-2H3,(H,25,29)(H,26,30,32)/t14-,17?/m1/s1. The van der Waals surface area contributed by atoms with Crippen molar-refractivity contribution in [1.82, 2.24) is 20.4 Å². The molecule has 14 heteroatoms. The van der Waals surface area contributed by atoms with E-state index in [1.807, 2.05) is 19.1 Å². The average molecular weight is 510 g/mol. The molecule has 0 radical (unpaired) electrons. The highest BCUT2D eigenvalue weighted by Crippen LogP contribution is 2.29. The van der Waals surface area contributed by atoms with Gasteiger partial charge in [-0.2, -0.15) is 5.10 Å². The van der Waals surface area contributed by atoms with Crippen LogP contribution >= 0.6 is 11.3 Å². The first-order valence-electron chi connectivity index (χ1n) is 10.5. The number of methoxy groups -OCH3 is 1. The van der Waals surface area contributed by atoms with Gasteiger partial charge in [-0.3, -0.25) is 10.1 Å². The number of carbonyl (C=O) groups is 1. The predicted octanol–water partition coefficient (Wildman–Crippen LogP) is 3.55. The lowest BCUT2D eigenvalue weighted by Crippen LogP contribution is -2.26. The van der Waals surface area contributed by atoms with E-state index in [0.717, 1.165) is 47.9 Å². The fraction of sp³-hybridized carbons (Fsp3) is 0.381. The number of hydrogen-bond acceptors (Lipinski definition) is 10. The van der Waals surface area contributed by atoms with Gasteiger partial charge >= 0.3 is 6.36 Å². The van der Waals surface area contributed by atoms with Crippen LogP contribution in [0.2, 0.25) is 0 Å². The number of alkyl halides is 3. The van der Waals surface area contributed by atoms with Crippen LogP contribution < -0.4 is 20.3 Å². The fourth-order valence-corrected chi connectivity index (χ4v) is 4.32. The van der Waals surface area contributed by atoms with Gasteiger partial charge in [-0.05, 0) is 43.2 Å². The maximum Gasteiger partial charge on any atom is 0.573 e. The topological polar surface area (TPSA) is 114 Å². The second-order valence-electron chi connectivity index (χ2n) is 7.75. The van der Waals surface area contributed by atoms with Gasteiger partial charge in [-0.1, -0.05) is 23.5 Å². The van der Waals surface area contributed by atoms with Gasteiger partial charge in [0.2, 0.25) is 10.3 Å². The Morgan fingerprint density at radius 2 is 1.97 bits per heavy atom. The van der Waals surface area contributed by atoms with Gasteiger partial charge in [0, 0.05) is 26.2 Å². The number of carbonyl (C=O) groups excluding carboxylic acids is 1. The van der Waals surface area contributed by atoms with Crippen LogP contribution in [0.5, 0.6) is 5.75 Å². The Kier molecular flexibility index (Phi) is 7.31. The third-order valence-electron chi connectivity index (χ3n) is 5.15. The van der Waals surface area contributed by atoms with E-state index in [1.54, 1.807) is 0 Å². The largest absolute Gasteiger partial charge is 0.573 e. The van der Waals surface area contributed by atoms with E-state index in [-0.39, 0.29) is 16.7 Å². The van der Waals surface area contributed by atoms with Gasteiger partial charge in [-0.15, -0.1) is 28.5 Å². The lowest BCUT2D eigenvalue weighted by atomic mass is 10.1. The molecule has 0 saturated carbocycles. The summed E-state index contributed by atoms with van der Waals surface area (Å²) in [6.45, 7) is 3.40. The minimum atomic E-state index is -4.84. The van der Waals surface area contributed by atoms with Crippen LogP contribution in [0.25, 0.3) is 0 Å². The van der Waals surface area contributed by atoms with Crippen LogP contribution in [0.3, 0.4) is 0 Å². The molecule has 3 aromatic rings. The number of nitrogens with one attached hydrogen (secondary N) is 2. The fourth-order valence-electron chi connectivity index (χ4n) is 3.59. The van der Waals surface area contributed by atoms with Crippen molar-refractivity contribution in [1.29, 1.82) is 0 Å². The summed E-state index contributed by atoms with van der Waals surface area (Å²) >= 11 is 1.14. The minimum absolute atomic E-state index is 0.109. The molecule has 2 atom stereocenters. The number of benzene rings is 1. The molecule has 1 amide bonds. The van der Waals surface area contributed by atoms with Crippen molar-refractivity contribution in [3.8, 4) is 5.75 Å². The molecule has 1 aliphatic heterocycles. The zero-order chi connectivity index (χ0) is 25.0. The number of aryl methyl sites for hydroxylation is 1. The van der Waals surface area contributed by atoms with Crippen LogP contribution in [0.4, 0.5) is 29.3 Å². The third kappa shape index (κ3) is 6.54. The Labute approximate surface area is 202 Å². The van der Waals surface area contributed by atoms with Gasteiger partial charge in [0.15, 0.2) is 11.9 Å². The van der Waals surface area contributed by atoms with Crippen molar-refractivity contribution in [3.63, 3.8) is 0 Å². The molecule has 1 unspecified atom stereocenters. The molecule has 1 saturated heterocycles. The summed E-state index contributed by atoms with van der Waals surface area (Å²) < 4.78 is 46.7. The molecule has 35 heavy (non-hydrogen) atoms. The highest BCUT2D eigenvalue weighted by Gasteiger charge is 2.32. The third-order valence-corrected chi connectivity index (χ3v) is 5.92. The molecule has 4 rings (SSSR count). The number of rotatable bonds is 8. The summed E-state index contributed by atoms with van der Waals surface area (Å²) in [6, 6.07) is 9.00. The molecule has 1 aromatic carbocycles. The van der Waals surface area contributed by atoms with Gasteiger partial charge in [-0.25, -0.2) is 0 Å². The van der Waals surface area contributed by atoms with Crippen LogP contribution in [0, 0.1) is 6.92 Å². The molecule has 2 N–H and O–H groups in total.